The molecule has 0 aliphatic heterocycles. The first-order valence-electron chi connectivity index (χ1n) is 6.86. The molecule has 0 aliphatic rings. The Morgan fingerprint density at radius 2 is 1.57 bits per heavy atom. The summed E-state index contributed by atoms with van der Waals surface area (Å²) in [6.45, 7) is 3.20. The van der Waals surface area contributed by atoms with E-state index in [-0.39, 0.29) is 10.5 Å². The zero-order chi connectivity index (χ0) is 17.3. The van der Waals surface area contributed by atoms with Crippen LogP contribution in [0, 0.1) is 6.92 Å². The van der Waals surface area contributed by atoms with E-state index in [9.17, 15) is 21.6 Å². The number of aryl methyl sites for hydroxylation is 1. The van der Waals surface area contributed by atoms with Crippen LogP contribution in [0.4, 0.5) is 13.2 Å². The summed E-state index contributed by atoms with van der Waals surface area (Å²) in [6.07, 6.45) is -4.54. The van der Waals surface area contributed by atoms with Gasteiger partial charge in [-0.2, -0.15) is 13.2 Å². The molecule has 3 nitrogen and oxygen atoms in total. The number of halogens is 3. The Morgan fingerprint density at radius 1 is 1.00 bits per heavy atom. The van der Waals surface area contributed by atoms with Gasteiger partial charge in [0.2, 0.25) is 10.0 Å². The first-order valence-corrected chi connectivity index (χ1v) is 8.35. The highest BCUT2D eigenvalue weighted by atomic mass is 32.2. The van der Waals surface area contributed by atoms with Gasteiger partial charge in [0, 0.05) is 6.04 Å². The fourth-order valence-corrected chi connectivity index (χ4v) is 3.44. The summed E-state index contributed by atoms with van der Waals surface area (Å²) in [5.74, 6) is 0. The molecule has 0 radical (unpaired) electrons. The lowest BCUT2D eigenvalue weighted by atomic mass is 10.0. The summed E-state index contributed by atoms with van der Waals surface area (Å²) in [5.41, 5.74) is -0.0748. The third kappa shape index (κ3) is 4.11. The third-order valence-electron chi connectivity index (χ3n) is 3.40. The fourth-order valence-electron chi connectivity index (χ4n) is 2.21. The molecule has 0 bridgehead atoms. The predicted octanol–water partition coefficient (Wildman–Crippen LogP) is 4.05. The molecule has 2 aromatic carbocycles. The second-order valence-electron chi connectivity index (χ2n) is 5.24. The highest BCUT2D eigenvalue weighted by Crippen LogP contribution is 2.34. The van der Waals surface area contributed by atoms with Gasteiger partial charge in [-0.1, -0.05) is 35.9 Å². The largest absolute Gasteiger partial charge is 0.416 e. The number of benzene rings is 2. The standard InChI is InChI=1S/C16H16F3NO2S/c1-11-7-9-13(10-8-11)23(21,22)20-12(2)14-5-3-4-6-15(14)16(17,18)19/h3-10,12,20H,1-2H3. The molecular formula is C16H16F3NO2S. The number of nitrogens with one attached hydrogen (secondary N) is 1. The van der Waals surface area contributed by atoms with Crippen molar-refractivity contribution < 1.29 is 21.6 Å². The molecule has 0 amide bonds. The maximum Gasteiger partial charge on any atom is 0.416 e. The van der Waals surface area contributed by atoms with E-state index in [0.29, 0.717) is 0 Å². The summed E-state index contributed by atoms with van der Waals surface area (Å²) in [5, 5.41) is 0. The van der Waals surface area contributed by atoms with E-state index < -0.39 is 27.8 Å². The number of sulfonamides is 1. The summed E-state index contributed by atoms with van der Waals surface area (Å²) in [6, 6.07) is 10.00. The zero-order valence-electron chi connectivity index (χ0n) is 12.6. The third-order valence-corrected chi connectivity index (χ3v) is 4.95. The highest BCUT2D eigenvalue weighted by Gasteiger charge is 2.34. The van der Waals surface area contributed by atoms with Gasteiger partial charge < -0.3 is 0 Å². The highest BCUT2D eigenvalue weighted by molar-refractivity contribution is 7.89. The minimum absolute atomic E-state index is 0.0134. The lowest BCUT2D eigenvalue weighted by Crippen LogP contribution is -2.28. The Balaban J connectivity index is 2.32. The van der Waals surface area contributed by atoms with Gasteiger partial charge >= 0.3 is 6.18 Å². The van der Waals surface area contributed by atoms with Crippen LogP contribution in [0.1, 0.15) is 29.7 Å². The second kappa shape index (κ2) is 6.33. The van der Waals surface area contributed by atoms with E-state index in [2.05, 4.69) is 4.72 Å². The van der Waals surface area contributed by atoms with Crippen LogP contribution >= 0.6 is 0 Å². The summed E-state index contributed by atoms with van der Waals surface area (Å²) in [7, 11) is -3.90. The normalized spacial score (nSPS) is 13.8. The molecule has 124 valence electrons. The van der Waals surface area contributed by atoms with Gasteiger partial charge in [-0.3, -0.25) is 0 Å². The van der Waals surface area contributed by atoms with Gasteiger partial charge in [0.25, 0.3) is 0 Å². The topological polar surface area (TPSA) is 46.2 Å². The molecule has 2 aromatic rings. The van der Waals surface area contributed by atoms with E-state index >= 15 is 0 Å². The van der Waals surface area contributed by atoms with E-state index in [4.69, 9.17) is 0 Å². The fraction of sp³-hybridized carbons (Fsp3) is 0.250. The maximum absolute atomic E-state index is 13.0. The van der Waals surface area contributed by atoms with Crippen molar-refractivity contribution in [2.75, 3.05) is 0 Å². The monoisotopic (exact) mass is 343 g/mol. The van der Waals surface area contributed by atoms with E-state index in [1.807, 2.05) is 6.92 Å². The van der Waals surface area contributed by atoms with Crippen LogP contribution in [0.3, 0.4) is 0 Å². The van der Waals surface area contributed by atoms with E-state index in [1.54, 1.807) is 12.1 Å². The van der Waals surface area contributed by atoms with Crippen molar-refractivity contribution in [3.63, 3.8) is 0 Å². The van der Waals surface area contributed by atoms with Crippen molar-refractivity contribution >= 4 is 10.0 Å². The maximum atomic E-state index is 13.0. The Hall–Kier alpha value is -1.86. The van der Waals surface area contributed by atoms with Gasteiger partial charge in [0.15, 0.2) is 0 Å². The number of hydrogen-bond acceptors (Lipinski definition) is 2. The van der Waals surface area contributed by atoms with Gasteiger partial charge in [-0.15, -0.1) is 0 Å². The molecule has 0 aliphatic carbocycles. The van der Waals surface area contributed by atoms with Gasteiger partial charge in [-0.05, 0) is 37.6 Å². The predicted molar refractivity (Wildman–Crippen MR) is 81.4 cm³/mol. The number of alkyl halides is 3. The smallest absolute Gasteiger partial charge is 0.207 e. The quantitative estimate of drug-likeness (QED) is 0.910. The number of rotatable bonds is 4. The molecule has 0 saturated carbocycles. The summed E-state index contributed by atoms with van der Waals surface area (Å²) in [4.78, 5) is 0.0134. The molecule has 0 spiro atoms. The first kappa shape index (κ1) is 17.5. The molecule has 1 unspecified atom stereocenters. The van der Waals surface area contributed by atoms with E-state index in [0.717, 1.165) is 11.6 Å². The van der Waals surface area contributed by atoms with Crippen molar-refractivity contribution in [2.45, 2.75) is 31.0 Å². The second-order valence-corrected chi connectivity index (χ2v) is 6.96. The molecule has 0 fully saturated rings. The van der Waals surface area contributed by atoms with Crippen LogP contribution in [0.25, 0.3) is 0 Å². The van der Waals surface area contributed by atoms with Crippen LogP contribution < -0.4 is 4.72 Å². The minimum Gasteiger partial charge on any atom is -0.207 e. The van der Waals surface area contributed by atoms with Crippen molar-refractivity contribution in [1.29, 1.82) is 0 Å². The molecular weight excluding hydrogens is 327 g/mol. The van der Waals surface area contributed by atoms with Crippen molar-refractivity contribution in [3.8, 4) is 0 Å². The molecule has 7 heteroatoms. The molecule has 0 aromatic heterocycles. The van der Waals surface area contributed by atoms with Crippen molar-refractivity contribution in [2.24, 2.45) is 0 Å². The SMILES string of the molecule is Cc1ccc(S(=O)(=O)NC(C)c2ccccc2C(F)(F)F)cc1. The molecule has 2 rings (SSSR count). The molecule has 1 atom stereocenters. The average Bonchev–Trinajstić information content (AvgIpc) is 2.46. The minimum atomic E-state index is -4.54. The Labute approximate surface area is 133 Å². The van der Waals surface area contributed by atoms with Crippen LogP contribution in [-0.4, -0.2) is 8.42 Å². The molecule has 0 heterocycles. The van der Waals surface area contributed by atoms with E-state index in [1.165, 1.54) is 37.3 Å². The first-order chi connectivity index (χ1) is 10.6. The molecule has 0 saturated heterocycles. The zero-order valence-corrected chi connectivity index (χ0v) is 13.4. The van der Waals surface area contributed by atoms with Gasteiger partial charge in [0.05, 0.1) is 10.5 Å². The van der Waals surface area contributed by atoms with Gasteiger partial charge in [-0.25, -0.2) is 13.1 Å². The van der Waals surface area contributed by atoms with Crippen LogP contribution in [0.15, 0.2) is 53.4 Å². The van der Waals surface area contributed by atoms with Crippen LogP contribution in [-0.2, 0) is 16.2 Å². The van der Waals surface area contributed by atoms with Crippen molar-refractivity contribution in [3.05, 3.63) is 65.2 Å². The summed E-state index contributed by atoms with van der Waals surface area (Å²) < 4.78 is 66.0. The Bertz CT molecular complexity index is 784. The number of hydrogen-bond donors (Lipinski definition) is 1. The lowest BCUT2D eigenvalue weighted by molar-refractivity contribution is -0.138. The average molecular weight is 343 g/mol. The van der Waals surface area contributed by atoms with Crippen LogP contribution in [0.2, 0.25) is 0 Å². The molecule has 23 heavy (non-hydrogen) atoms. The van der Waals surface area contributed by atoms with Crippen LogP contribution in [0.5, 0.6) is 0 Å². The lowest BCUT2D eigenvalue weighted by Gasteiger charge is -2.19. The Morgan fingerprint density at radius 3 is 2.13 bits per heavy atom. The molecule has 1 N–H and O–H groups in total. The summed E-state index contributed by atoms with van der Waals surface area (Å²) >= 11 is 0. The van der Waals surface area contributed by atoms with Gasteiger partial charge in [0.1, 0.15) is 0 Å². The Kier molecular flexibility index (Phi) is 4.81. The van der Waals surface area contributed by atoms with Crippen molar-refractivity contribution in [1.82, 2.24) is 4.72 Å².